The maximum Gasteiger partial charge on any atom is 0.191 e. The van der Waals surface area contributed by atoms with Crippen molar-refractivity contribution in [2.24, 2.45) is 10.9 Å². The second-order valence-electron chi connectivity index (χ2n) is 7.03. The second-order valence-corrected chi connectivity index (χ2v) is 7.03. The molecular formula is C17H34N4O. The lowest BCUT2D eigenvalue weighted by Gasteiger charge is -2.35. The van der Waals surface area contributed by atoms with Crippen molar-refractivity contribution in [2.45, 2.75) is 71.1 Å². The van der Waals surface area contributed by atoms with Gasteiger partial charge in [0.05, 0.1) is 6.10 Å². The number of hydrogen-bond donors (Lipinski definition) is 3. The molecule has 2 atom stereocenters. The maximum absolute atomic E-state index is 9.92. The van der Waals surface area contributed by atoms with Gasteiger partial charge in [-0.05, 0) is 46.5 Å². The van der Waals surface area contributed by atoms with E-state index in [1.165, 1.54) is 12.8 Å². The Morgan fingerprint density at radius 3 is 2.50 bits per heavy atom. The van der Waals surface area contributed by atoms with E-state index in [1.54, 1.807) is 0 Å². The van der Waals surface area contributed by atoms with Gasteiger partial charge in [-0.1, -0.05) is 6.42 Å². The molecule has 128 valence electrons. The molecule has 0 aromatic heterocycles. The zero-order valence-electron chi connectivity index (χ0n) is 14.5. The Morgan fingerprint density at radius 2 is 1.95 bits per heavy atom. The van der Waals surface area contributed by atoms with Crippen LogP contribution in [0.1, 0.15) is 52.9 Å². The molecule has 1 saturated carbocycles. The van der Waals surface area contributed by atoms with Gasteiger partial charge in [0.1, 0.15) is 0 Å². The Morgan fingerprint density at radius 1 is 1.23 bits per heavy atom. The van der Waals surface area contributed by atoms with Crippen molar-refractivity contribution < 1.29 is 5.11 Å². The summed E-state index contributed by atoms with van der Waals surface area (Å²) < 4.78 is 0. The van der Waals surface area contributed by atoms with Gasteiger partial charge in [0.2, 0.25) is 0 Å². The third-order valence-electron chi connectivity index (χ3n) is 5.05. The Hall–Kier alpha value is -0.810. The summed E-state index contributed by atoms with van der Waals surface area (Å²) >= 11 is 0. The summed E-state index contributed by atoms with van der Waals surface area (Å²) in [5.74, 6) is 1.27. The quantitative estimate of drug-likeness (QED) is 0.533. The predicted octanol–water partition coefficient (Wildman–Crippen LogP) is 1.58. The fourth-order valence-electron chi connectivity index (χ4n) is 3.51. The van der Waals surface area contributed by atoms with Crippen LogP contribution in [0.2, 0.25) is 0 Å². The summed E-state index contributed by atoms with van der Waals surface area (Å²) in [6, 6.07) is 1.16. The molecule has 3 N–H and O–H groups in total. The number of guanidine groups is 1. The predicted molar refractivity (Wildman–Crippen MR) is 92.2 cm³/mol. The monoisotopic (exact) mass is 310 g/mol. The molecule has 2 aliphatic rings. The van der Waals surface area contributed by atoms with Crippen LogP contribution in [0.25, 0.3) is 0 Å². The van der Waals surface area contributed by atoms with E-state index in [2.05, 4.69) is 36.3 Å². The van der Waals surface area contributed by atoms with Gasteiger partial charge >= 0.3 is 0 Å². The van der Waals surface area contributed by atoms with Crippen LogP contribution >= 0.6 is 0 Å². The molecule has 2 unspecified atom stereocenters. The molecule has 2 rings (SSSR count). The maximum atomic E-state index is 9.92. The van der Waals surface area contributed by atoms with Gasteiger partial charge in [0, 0.05) is 44.2 Å². The van der Waals surface area contributed by atoms with Crippen LogP contribution in [0, 0.1) is 5.92 Å². The van der Waals surface area contributed by atoms with Gasteiger partial charge in [-0.25, -0.2) is 0 Å². The number of likely N-dealkylation sites (tertiary alicyclic amines) is 1. The highest BCUT2D eigenvalue weighted by Crippen LogP contribution is 2.25. The minimum atomic E-state index is -0.152. The van der Waals surface area contributed by atoms with Crippen molar-refractivity contribution in [1.29, 1.82) is 0 Å². The van der Waals surface area contributed by atoms with E-state index in [0.717, 1.165) is 51.4 Å². The first-order chi connectivity index (χ1) is 10.6. The van der Waals surface area contributed by atoms with Gasteiger partial charge in [0.15, 0.2) is 5.96 Å². The van der Waals surface area contributed by atoms with Crippen LogP contribution in [0.4, 0.5) is 0 Å². The van der Waals surface area contributed by atoms with Crippen molar-refractivity contribution in [3.63, 3.8) is 0 Å². The lowest BCUT2D eigenvalue weighted by atomic mass is 10.0. The van der Waals surface area contributed by atoms with Crippen LogP contribution in [0.3, 0.4) is 0 Å². The molecular weight excluding hydrogens is 276 g/mol. The van der Waals surface area contributed by atoms with Crippen molar-refractivity contribution >= 4 is 5.96 Å². The molecule has 1 aliphatic heterocycles. The van der Waals surface area contributed by atoms with E-state index in [0.29, 0.717) is 18.0 Å². The molecule has 5 heteroatoms. The molecule has 0 spiro atoms. The zero-order chi connectivity index (χ0) is 15.9. The molecule has 1 saturated heterocycles. The molecule has 5 nitrogen and oxygen atoms in total. The first kappa shape index (κ1) is 17.5. The highest BCUT2D eigenvalue weighted by Gasteiger charge is 2.25. The summed E-state index contributed by atoms with van der Waals surface area (Å²) in [5, 5.41) is 16.9. The smallest absolute Gasteiger partial charge is 0.191 e. The van der Waals surface area contributed by atoms with Crippen molar-refractivity contribution in [3.8, 4) is 0 Å². The number of nitrogens with zero attached hydrogens (tertiary/aromatic N) is 2. The van der Waals surface area contributed by atoms with Crippen LogP contribution in [0.5, 0.6) is 0 Å². The van der Waals surface area contributed by atoms with E-state index in [1.807, 2.05) is 0 Å². The van der Waals surface area contributed by atoms with Crippen LogP contribution in [-0.2, 0) is 0 Å². The SMILES string of the molecule is CCNC(=NCC1CCCC1O)NC1CCN(C(C)C)CC1. The first-order valence-corrected chi connectivity index (χ1v) is 9.07. The Kier molecular flexibility index (Phi) is 6.96. The number of rotatable bonds is 5. The minimum absolute atomic E-state index is 0.152. The van der Waals surface area contributed by atoms with E-state index in [-0.39, 0.29) is 6.10 Å². The van der Waals surface area contributed by atoms with E-state index < -0.39 is 0 Å². The van der Waals surface area contributed by atoms with Crippen molar-refractivity contribution in [2.75, 3.05) is 26.2 Å². The van der Waals surface area contributed by atoms with Gasteiger partial charge in [-0.15, -0.1) is 0 Å². The van der Waals surface area contributed by atoms with Crippen LogP contribution in [-0.4, -0.2) is 60.3 Å². The first-order valence-electron chi connectivity index (χ1n) is 9.07. The van der Waals surface area contributed by atoms with Gasteiger partial charge in [-0.2, -0.15) is 0 Å². The summed E-state index contributed by atoms with van der Waals surface area (Å²) in [5.41, 5.74) is 0. The number of piperidine rings is 1. The number of aliphatic hydroxyl groups is 1. The lowest BCUT2D eigenvalue weighted by Crippen LogP contribution is -2.50. The molecule has 0 radical (unpaired) electrons. The Labute approximate surface area is 135 Å². The fourth-order valence-corrected chi connectivity index (χ4v) is 3.51. The number of aliphatic imine (C=N–C) groups is 1. The largest absolute Gasteiger partial charge is 0.393 e. The normalized spacial score (nSPS) is 28.3. The molecule has 1 aliphatic carbocycles. The van der Waals surface area contributed by atoms with E-state index in [9.17, 15) is 5.11 Å². The van der Waals surface area contributed by atoms with Crippen molar-refractivity contribution in [1.82, 2.24) is 15.5 Å². The molecule has 22 heavy (non-hydrogen) atoms. The van der Waals surface area contributed by atoms with E-state index >= 15 is 0 Å². The number of hydrogen-bond acceptors (Lipinski definition) is 3. The topological polar surface area (TPSA) is 59.9 Å². The third kappa shape index (κ3) is 5.13. The molecule has 0 amide bonds. The van der Waals surface area contributed by atoms with Gasteiger partial charge in [-0.3, -0.25) is 4.99 Å². The number of nitrogens with one attached hydrogen (secondary N) is 2. The Balaban J connectivity index is 1.81. The minimum Gasteiger partial charge on any atom is -0.393 e. The lowest BCUT2D eigenvalue weighted by molar-refractivity contribution is 0.136. The summed E-state index contributed by atoms with van der Waals surface area (Å²) in [7, 11) is 0. The molecule has 0 bridgehead atoms. The standard InChI is InChI=1S/C17H34N4O/c1-4-18-17(19-12-14-6-5-7-16(14)22)20-15-8-10-21(11-9-15)13(2)3/h13-16,22H,4-12H2,1-3H3,(H2,18,19,20). The molecule has 0 aromatic rings. The summed E-state index contributed by atoms with van der Waals surface area (Å²) in [6.07, 6.45) is 5.39. The van der Waals surface area contributed by atoms with Gasteiger partial charge < -0.3 is 20.6 Å². The summed E-state index contributed by atoms with van der Waals surface area (Å²) in [6.45, 7) is 10.6. The third-order valence-corrected chi connectivity index (χ3v) is 5.05. The molecule has 1 heterocycles. The highest BCUT2D eigenvalue weighted by atomic mass is 16.3. The van der Waals surface area contributed by atoms with E-state index in [4.69, 9.17) is 4.99 Å². The average molecular weight is 310 g/mol. The van der Waals surface area contributed by atoms with Gasteiger partial charge in [0.25, 0.3) is 0 Å². The highest BCUT2D eigenvalue weighted by molar-refractivity contribution is 5.80. The average Bonchev–Trinajstić information content (AvgIpc) is 2.91. The van der Waals surface area contributed by atoms with Crippen molar-refractivity contribution in [3.05, 3.63) is 0 Å². The zero-order valence-corrected chi connectivity index (χ0v) is 14.5. The summed E-state index contributed by atoms with van der Waals surface area (Å²) in [4.78, 5) is 7.25. The second kappa shape index (κ2) is 8.73. The van der Waals surface area contributed by atoms with Crippen LogP contribution in [0.15, 0.2) is 4.99 Å². The molecule has 2 fully saturated rings. The number of aliphatic hydroxyl groups excluding tert-OH is 1. The van der Waals surface area contributed by atoms with Crippen LogP contribution < -0.4 is 10.6 Å². The Bertz CT molecular complexity index is 351. The fraction of sp³-hybridized carbons (Fsp3) is 0.941. The molecule has 0 aromatic carbocycles.